The average Bonchev–Trinajstić information content (AvgIpc) is 2.43. The van der Waals surface area contributed by atoms with Gasteiger partial charge in [-0.2, -0.15) is 0 Å². The highest BCUT2D eigenvalue weighted by atomic mass is 19.1. The third-order valence-corrected chi connectivity index (χ3v) is 3.57. The van der Waals surface area contributed by atoms with Crippen molar-refractivity contribution in [2.75, 3.05) is 14.2 Å². The van der Waals surface area contributed by atoms with Crippen LogP contribution in [0.1, 0.15) is 28.3 Å². The van der Waals surface area contributed by atoms with Gasteiger partial charge < -0.3 is 10.1 Å². The van der Waals surface area contributed by atoms with Crippen LogP contribution in [-0.4, -0.2) is 14.2 Å². The Morgan fingerprint density at radius 1 is 1.10 bits per heavy atom. The first kappa shape index (κ1) is 14.5. The number of halogens is 1. The van der Waals surface area contributed by atoms with Gasteiger partial charge in [0, 0.05) is 0 Å². The molecule has 0 aliphatic heterocycles. The Morgan fingerprint density at radius 2 is 1.85 bits per heavy atom. The molecular formula is C17H20FNO. The molecule has 2 nitrogen and oxygen atoms in total. The second kappa shape index (κ2) is 6.06. The zero-order chi connectivity index (χ0) is 14.7. The predicted molar refractivity (Wildman–Crippen MR) is 79.8 cm³/mol. The fraction of sp³-hybridized carbons (Fsp3) is 0.294. The summed E-state index contributed by atoms with van der Waals surface area (Å²) in [5.74, 6) is 0.658. The molecule has 0 aliphatic carbocycles. The molecule has 0 fully saturated rings. The molecule has 0 aliphatic rings. The van der Waals surface area contributed by atoms with Crippen LogP contribution in [0.25, 0.3) is 0 Å². The topological polar surface area (TPSA) is 21.3 Å². The highest BCUT2D eigenvalue weighted by Crippen LogP contribution is 2.30. The van der Waals surface area contributed by atoms with E-state index in [-0.39, 0.29) is 11.9 Å². The lowest BCUT2D eigenvalue weighted by Gasteiger charge is -2.21. The molecule has 0 spiro atoms. The summed E-state index contributed by atoms with van der Waals surface area (Å²) in [5, 5.41) is 3.26. The molecule has 2 rings (SSSR count). The highest BCUT2D eigenvalue weighted by Gasteiger charge is 2.16. The van der Waals surface area contributed by atoms with E-state index in [1.54, 1.807) is 19.2 Å². The Balaban J connectivity index is 2.49. The third-order valence-electron chi connectivity index (χ3n) is 3.57. The number of methoxy groups -OCH3 is 1. The molecule has 0 aromatic heterocycles. The fourth-order valence-corrected chi connectivity index (χ4v) is 2.53. The van der Waals surface area contributed by atoms with Crippen LogP contribution in [0.4, 0.5) is 4.39 Å². The van der Waals surface area contributed by atoms with Gasteiger partial charge >= 0.3 is 0 Å². The number of ether oxygens (including phenoxy) is 1. The summed E-state index contributed by atoms with van der Waals surface area (Å²) in [4.78, 5) is 0. The van der Waals surface area contributed by atoms with Crippen LogP contribution in [-0.2, 0) is 0 Å². The van der Waals surface area contributed by atoms with Crippen LogP contribution in [0.5, 0.6) is 5.75 Å². The van der Waals surface area contributed by atoms with Gasteiger partial charge in [0.1, 0.15) is 11.6 Å². The third kappa shape index (κ3) is 2.83. The van der Waals surface area contributed by atoms with E-state index in [2.05, 4.69) is 11.4 Å². The zero-order valence-electron chi connectivity index (χ0n) is 12.3. The molecule has 1 unspecified atom stereocenters. The van der Waals surface area contributed by atoms with Crippen LogP contribution in [0.3, 0.4) is 0 Å². The van der Waals surface area contributed by atoms with Gasteiger partial charge in [-0.3, -0.25) is 0 Å². The van der Waals surface area contributed by atoms with Gasteiger partial charge in [0.05, 0.1) is 13.2 Å². The summed E-state index contributed by atoms with van der Waals surface area (Å²) < 4.78 is 18.8. The van der Waals surface area contributed by atoms with E-state index in [1.807, 2.05) is 33.0 Å². The minimum absolute atomic E-state index is 0.0321. The first-order chi connectivity index (χ1) is 9.56. The summed E-state index contributed by atoms with van der Waals surface area (Å²) in [7, 11) is 3.55. The normalized spacial score (nSPS) is 12.2. The number of rotatable bonds is 4. The minimum Gasteiger partial charge on any atom is -0.496 e. The summed E-state index contributed by atoms with van der Waals surface area (Å²) in [5.41, 5.74) is 4.25. The Kier molecular flexibility index (Phi) is 4.40. The molecule has 20 heavy (non-hydrogen) atoms. The van der Waals surface area contributed by atoms with Gasteiger partial charge in [-0.05, 0) is 61.3 Å². The number of hydrogen-bond donors (Lipinski definition) is 1. The second-order valence-corrected chi connectivity index (χ2v) is 4.96. The Hall–Kier alpha value is -1.87. The minimum atomic E-state index is -0.217. The maximum atomic E-state index is 13.4. The van der Waals surface area contributed by atoms with Gasteiger partial charge in [-0.15, -0.1) is 0 Å². The Labute approximate surface area is 119 Å². The van der Waals surface area contributed by atoms with E-state index in [9.17, 15) is 4.39 Å². The van der Waals surface area contributed by atoms with E-state index in [1.165, 1.54) is 6.07 Å². The van der Waals surface area contributed by atoms with Crippen molar-refractivity contribution in [1.82, 2.24) is 5.32 Å². The highest BCUT2D eigenvalue weighted by molar-refractivity contribution is 5.45. The molecule has 0 amide bonds. The summed E-state index contributed by atoms with van der Waals surface area (Å²) >= 11 is 0. The molecular weight excluding hydrogens is 253 g/mol. The SMILES string of the molecule is CNC(c1cccc(F)c1)c1cc(C)c(OC)cc1C. The second-order valence-electron chi connectivity index (χ2n) is 4.96. The maximum absolute atomic E-state index is 13.4. The fourth-order valence-electron chi connectivity index (χ4n) is 2.53. The Morgan fingerprint density at radius 3 is 2.45 bits per heavy atom. The van der Waals surface area contributed by atoms with Gasteiger partial charge in [-0.25, -0.2) is 4.39 Å². The van der Waals surface area contributed by atoms with Gasteiger partial charge in [0.2, 0.25) is 0 Å². The van der Waals surface area contributed by atoms with Gasteiger partial charge in [-0.1, -0.05) is 18.2 Å². The molecule has 0 saturated heterocycles. The molecule has 0 radical (unpaired) electrons. The molecule has 2 aromatic carbocycles. The van der Waals surface area contributed by atoms with Crippen molar-refractivity contribution in [3.63, 3.8) is 0 Å². The number of hydrogen-bond acceptors (Lipinski definition) is 2. The summed E-state index contributed by atoms with van der Waals surface area (Å²) in [6, 6.07) is 10.8. The Bertz CT molecular complexity index is 610. The molecule has 0 bridgehead atoms. The van der Waals surface area contributed by atoms with E-state index in [0.717, 1.165) is 28.0 Å². The smallest absolute Gasteiger partial charge is 0.123 e. The average molecular weight is 273 g/mol. The molecule has 0 heterocycles. The molecule has 0 saturated carbocycles. The first-order valence-electron chi connectivity index (χ1n) is 6.64. The van der Waals surface area contributed by atoms with Crippen LogP contribution < -0.4 is 10.1 Å². The molecule has 1 N–H and O–H groups in total. The number of benzene rings is 2. The lowest BCUT2D eigenvalue weighted by Crippen LogP contribution is -2.19. The van der Waals surface area contributed by atoms with E-state index < -0.39 is 0 Å². The van der Waals surface area contributed by atoms with Crippen LogP contribution in [0.15, 0.2) is 36.4 Å². The van der Waals surface area contributed by atoms with Crippen LogP contribution in [0.2, 0.25) is 0 Å². The van der Waals surface area contributed by atoms with E-state index in [4.69, 9.17) is 4.74 Å². The lowest BCUT2D eigenvalue weighted by atomic mass is 9.93. The predicted octanol–water partition coefficient (Wildman–Crippen LogP) is 3.76. The van der Waals surface area contributed by atoms with Crippen molar-refractivity contribution < 1.29 is 9.13 Å². The number of nitrogens with one attached hydrogen (secondary N) is 1. The summed E-state index contributed by atoms with van der Waals surface area (Å²) in [6.07, 6.45) is 0. The van der Waals surface area contributed by atoms with Crippen molar-refractivity contribution >= 4 is 0 Å². The van der Waals surface area contributed by atoms with Crippen LogP contribution in [0, 0.1) is 19.7 Å². The van der Waals surface area contributed by atoms with Crippen molar-refractivity contribution in [2.45, 2.75) is 19.9 Å². The van der Waals surface area contributed by atoms with E-state index >= 15 is 0 Å². The lowest BCUT2D eigenvalue weighted by molar-refractivity contribution is 0.411. The zero-order valence-corrected chi connectivity index (χ0v) is 12.3. The van der Waals surface area contributed by atoms with Gasteiger partial charge in [0.15, 0.2) is 0 Å². The molecule has 106 valence electrons. The molecule has 2 aromatic rings. The first-order valence-corrected chi connectivity index (χ1v) is 6.64. The quantitative estimate of drug-likeness (QED) is 0.915. The van der Waals surface area contributed by atoms with Crippen molar-refractivity contribution in [3.8, 4) is 5.75 Å². The maximum Gasteiger partial charge on any atom is 0.123 e. The monoisotopic (exact) mass is 273 g/mol. The van der Waals surface area contributed by atoms with Crippen LogP contribution >= 0.6 is 0 Å². The van der Waals surface area contributed by atoms with Crippen molar-refractivity contribution in [1.29, 1.82) is 0 Å². The molecule has 1 atom stereocenters. The van der Waals surface area contributed by atoms with Crippen molar-refractivity contribution in [3.05, 3.63) is 64.5 Å². The van der Waals surface area contributed by atoms with E-state index in [0.29, 0.717) is 0 Å². The summed E-state index contributed by atoms with van der Waals surface area (Å²) in [6.45, 7) is 4.06. The number of aryl methyl sites for hydroxylation is 2. The standard InChI is InChI=1S/C17H20FNO/c1-11-9-16(20-4)12(2)8-15(11)17(19-3)13-6-5-7-14(18)10-13/h5-10,17,19H,1-4H3. The molecule has 3 heteroatoms. The van der Waals surface area contributed by atoms with Gasteiger partial charge in [0.25, 0.3) is 0 Å². The van der Waals surface area contributed by atoms with Crippen molar-refractivity contribution in [2.24, 2.45) is 0 Å². The largest absolute Gasteiger partial charge is 0.496 e.